The molecule has 2 aromatic rings. The zero-order chi connectivity index (χ0) is 27.9. The Hall–Kier alpha value is -4.68. The average Bonchev–Trinajstić information content (AvgIpc) is 2.93. The molecule has 2 rings (SSSR count). The lowest BCUT2D eigenvalue weighted by molar-refractivity contribution is -0.139. The van der Waals surface area contributed by atoms with Crippen molar-refractivity contribution in [2.24, 2.45) is 11.5 Å². The normalized spacial score (nSPS) is 11.4. The number of hydrogen-bond acceptors (Lipinski definition) is 7. The molecule has 0 saturated carbocycles. The predicted octanol–water partition coefficient (Wildman–Crippen LogP) is -0.0357. The smallest absolute Gasteiger partial charge is 0.326 e. The van der Waals surface area contributed by atoms with E-state index in [0.717, 1.165) is 0 Å². The second kappa shape index (κ2) is 15.4. The van der Waals surface area contributed by atoms with E-state index in [9.17, 15) is 24.3 Å². The summed E-state index contributed by atoms with van der Waals surface area (Å²) in [7, 11) is 0. The highest BCUT2D eigenvalue weighted by Gasteiger charge is 2.20. The molecule has 0 radical (unpaired) electrons. The number of nitrogens with two attached hydrogens (primary N) is 2. The number of rotatable bonds is 11. The Morgan fingerprint density at radius 3 is 1.63 bits per heavy atom. The molecule has 0 fully saturated rings. The maximum absolute atomic E-state index is 12.4. The van der Waals surface area contributed by atoms with Crippen LogP contribution in [0.4, 0.5) is 0 Å². The van der Waals surface area contributed by atoms with Gasteiger partial charge in [0.2, 0.25) is 0 Å². The summed E-state index contributed by atoms with van der Waals surface area (Å²) in [4.78, 5) is 47.4. The maximum atomic E-state index is 12.4. The standard InChI is InChI=1S/C27H29N5O6/c28-16-4-3-7-22(27(36)37)30-24(33)20-12-8-18(9-13-20)5-1-2-6-19-10-14-21(15-11-19)25(34)31-23(17-29)26(35)32-38/h8-15,22-23,38H,3-4,7,16-17,28-29H2,(H,30,33)(H,31,34)(H,32,35)(H,36,37)/t22?,23-/m0/s1. The Morgan fingerprint density at radius 2 is 1.24 bits per heavy atom. The van der Waals surface area contributed by atoms with Crippen LogP contribution in [-0.4, -0.2) is 59.2 Å². The molecule has 0 aromatic heterocycles. The van der Waals surface area contributed by atoms with Crippen molar-refractivity contribution in [2.75, 3.05) is 13.1 Å². The van der Waals surface area contributed by atoms with E-state index in [0.29, 0.717) is 42.5 Å². The summed E-state index contributed by atoms with van der Waals surface area (Å²) in [5.74, 6) is 8.16. The molecule has 3 amide bonds. The van der Waals surface area contributed by atoms with Gasteiger partial charge in [0.05, 0.1) is 0 Å². The number of nitrogens with one attached hydrogen (secondary N) is 3. The SMILES string of the molecule is NCCCCC(NC(=O)c1ccc(C#CC#Cc2ccc(C(=O)N[C@@H](CN)C(=O)NO)cc2)cc1)C(=O)O. The number of carboxylic acids is 1. The van der Waals surface area contributed by atoms with Gasteiger partial charge in [-0.1, -0.05) is 11.8 Å². The summed E-state index contributed by atoms with van der Waals surface area (Å²) in [6.45, 7) is 0.278. The van der Waals surface area contributed by atoms with Gasteiger partial charge in [0, 0.05) is 28.8 Å². The number of carbonyl (C=O) groups excluding carboxylic acids is 3. The monoisotopic (exact) mass is 519 g/mol. The van der Waals surface area contributed by atoms with E-state index in [1.807, 2.05) is 0 Å². The second-order valence-corrected chi connectivity index (χ2v) is 8.04. The fourth-order valence-electron chi connectivity index (χ4n) is 3.16. The summed E-state index contributed by atoms with van der Waals surface area (Å²) < 4.78 is 0. The summed E-state index contributed by atoms with van der Waals surface area (Å²) in [5, 5.41) is 22.9. The van der Waals surface area contributed by atoms with Crippen LogP contribution in [-0.2, 0) is 9.59 Å². The quantitative estimate of drug-likeness (QED) is 0.0929. The Bertz CT molecular complexity index is 1250. The fourth-order valence-corrected chi connectivity index (χ4v) is 3.16. The van der Waals surface area contributed by atoms with Crippen molar-refractivity contribution >= 4 is 23.7 Å². The van der Waals surface area contributed by atoms with Crippen molar-refractivity contribution in [1.29, 1.82) is 0 Å². The molecule has 0 aliphatic carbocycles. The molecule has 0 saturated heterocycles. The largest absolute Gasteiger partial charge is 0.480 e. The van der Waals surface area contributed by atoms with Crippen LogP contribution in [0.15, 0.2) is 48.5 Å². The van der Waals surface area contributed by atoms with E-state index >= 15 is 0 Å². The van der Waals surface area contributed by atoms with Crippen molar-refractivity contribution < 1.29 is 29.5 Å². The van der Waals surface area contributed by atoms with Crippen molar-refractivity contribution in [3.05, 3.63) is 70.8 Å². The van der Waals surface area contributed by atoms with E-state index in [1.54, 1.807) is 36.4 Å². The molecule has 2 atom stereocenters. The van der Waals surface area contributed by atoms with Crippen LogP contribution < -0.4 is 27.6 Å². The van der Waals surface area contributed by atoms with Crippen LogP contribution in [0.1, 0.15) is 51.1 Å². The minimum absolute atomic E-state index is 0.183. The van der Waals surface area contributed by atoms with Crippen LogP contribution in [0, 0.1) is 23.7 Å². The first kappa shape index (κ1) is 29.5. The van der Waals surface area contributed by atoms with Crippen LogP contribution in [0.3, 0.4) is 0 Å². The number of aliphatic carboxylic acids is 1. The lowest BCUT2D eigenvalue weighted by atomic mass is 10.1. The maximum Gasteiger partial charge on any atom is 0.326 e. The molecule has 0 bridgehead atoms. The Labute approximate surface area is 219 Å². The molecular weight excluding hydrogens is 490 g/mol. The molecule has 0 spiro atoms. The van der Waals surface area contributed by atoms with Gasteiger partial charge in [-0.3, -0.25) is 19.6 Å². The zero-order valence-corrected chi connectivity index (χ0v) is 20.5. The summed E-state index contributed by atoms with van der Waals surface area (Å²) in [5.41, 5.74) is 14.1. The molecule has 11 nitrogen and oxygen atoms in total. The fraction of sp³-hybridized carbons (Fsp3) is 0.259. The van der Waals surface area contributed by atoms with Gasteiger partial charge in [-0.25, -0.2) is 10.3 Å². The van der Waals surface area contributed by atoms with E-state index in [1.165, 1.54) is 17.6 Å². The highest BCUT2D eigenvalue weighted by atomic mass is 16.5. The number of unbranched alkanes of at least 4 members (excludes halogenated alkanes) is 1. The Morgan fingerprint density at radius 1 is 0.763 bits per heavy atom. The number of hydroxylamine groups is 1. The third-order valence-corrected chi connectivity index (χ3v) is 5.29. The van der Waals surface area contributed by atoms with Gasteiger partial charge in [0.25, 0.3) is 17.7 Å². The molecule has 11 heteroatoms. The first-order chi connectivity index (χ1) is 18.3. The highest BCUT2D eigenvalue weighted by molar-refractivity contribution is 5.98. The Kier molecular flexibility index (Phi) is 12.0. The number of carbonyl (C=O) groups is 4. The van der Waals surface area contributed by atoms with Gasteiger partial charge >= 0.3 is 5.97 Å². The van der Waals surface area contributed by atoms with E-state index < -0.39 is 35.8 Å². The second-order valence-electron chi connectivity index (χ2n) is 8.04. The van der Waals surface area contributed by atoms with Crippen LogP contribution >= 0.6 is 0 Å². The number of hydrogen-bond donors (Lipinski definition) is 7. The van der Waals surface area contributed by atoms with Crippen LogP contribution in [0.2, 0.25) is 0 Å². The molecular formula is C27H29N5O6. The van der Waals surface area contributed by atoms with Crippen molar-refractivity contribution in [1.82, 2.24) is 16.1 Å². The average molecular weight is 520 g/mol. The van der Waals surface area contributed by atoms with E-state index in [2.05, 4.69) is 34.3 Å². The molecule has 198 valence electrons. The summed E-state index contributed by atoms with van der Waals surface area (Å²) >= 11 is 0. The third kappa shape index (κ3) is 9.41. The highest BCUT2D eigenvalue weighted by Crippen LogP contribution is 2.07. The Balaban J connectivity index is 1.95. The molecule has 0 heterocycles. The lowest BCUT2D eigenvalue weighted by Crippen LogP contribution is -2.50. The summed E-state index contributed by atoms with van der Waals surface area (Å²) in [6, 6.07) is 10.6. The number of benzene rings is 2. The van der Waals surface area contributed by atoms with Gasteiger partial charge in [-0.2, -0.15) is 0 Å². The molecule has 38 heavy (non-hydrogen) atoms. The predicted molar refractivity (Wildman–Crippen MR) is 139 cm³/mol. The van der Waals surface area contributed by atoms with Crippen molar-refractivity contribution in [2.45, 2.75) is 31.3 Å². The zero-order valence-electron chi connectivity index (χ0n) is 20.5. The van der Waals surface area contributed by atoms with E-state index in [4.69, 9.17) is 16.7 Å². The lowest BCUT2D eigenvalue weighted by Gasteiger charge is -2.14. The molecule has 0 aliphatic heterocycles. The molecule has 0 aliphatic rings. The molecule has 9 N–H and O–H groups in total. The number of carboxylic acid groups (broad SMARTS) is 1. The third-order valence-electron chi connectivity index (χ3n) is 5.29. The first-order valence-electron chi connectivity index (χ1n) is 11.7. The van der Waals surface area contributed by atoms with Crippen LogP contribution in [0.5, 0.6) is 0 Å². The van der Waals surface area contributed by atoms with Gasteiger partial charge in [-0.05, 0) is 86.2 Å². The molecule has 2 aromatic carbocycles. The van der Waals surface area contributed by atoms with Crippen molar-refractivity contribution in [3.63, 3.8) is 0 Å². The van der Waals surface area contributed by atoms with Gasteiger partial charge in [-0.15, -0.1) is 0 Å². The van der Waals surface area contributed by atoms with Crippen LogP contribution in [0.25, 0.3) is 0 Å². The van der Waals surface area contributed by atoms with Gasteiger partial charge < -0.3 is 27.2 Å². The minimum atomic E-state index is -1.10. The van der Waals surface area contributed by atoms with Gasteiger partial charge in [0.15, 0.2) is 0 Å². The van der Waals surface area contributed by atoms with Gasteiger partial charge in [0.1, 0.15) is 12.1 Å². The minimum Gasteiger partial charge on any atom is -0.480 e. The first-order valence-corrected chi connectivity index (χ1v) is 11.7. The van der Waals surface area contributed by atoms with Crippen molar-refractivity contribution in [3.8, 4) is 23.7 Å². The van der Waals surface area contributed by atoms with E-state index in [-0.39, 0.29) is 12.1 Å². The topological polar surface area (TPSA) is 197 Å². The number of amides is 3. The molecule has 1 unspecified atom stereocenters. The summed E-state index contributed by atoms with van der Waals surface area (Å²) in [6.07, 6.45) is 1.58.